The highest BCUT2D eigenvalue weighted by Crippen LogP contribution is 2.22. The third kappa shape index (κ3) is 4.05. The van der Waals surface area contributed by atoms with Gasteiger partial charge in [0.05, 0.1) is 0 Å². The maximum absolute atomic E-state index is 12.6. The number of amides is 1. The minimum absolute atomic E-state index is 0.0271. The monoisotopic (exact) mass is 290 g/mol. The van der Waals surface area contributed by atoms with Crippen LogP contribution in [0.2, 0.25) is 0 Å². The topological polar surface area (TPSA) is 55.6 Å². The summed E-state index contributed by atoms with van der Waals surface area (Å²) >= 11 is 0. The first-order chi connectivity index (χ1) is 10.0. The molecule has 0 saturated carbocycles. The van der Waals surface area contributed by atoms with Crippen LogP contribution >= 0.6 is 0 Å². The maximum Gasteiger partial charge on any atom is 0.246 e. The number of carbonyl (C=O) groups is 1. The van der Waals surface area contributed by atoms with E-state index in [-0.39, 0.29) is 5.91 Å². The van der Waals surface area contributed by atoms with Gasteiger partial charge in [-0.05, 0) is 37.7 Å². The zero-order valence-corrected chi connectivity index (χ0v) is 13.0. The van der Waals surface area contributed by atoms with E-state index in [9.17, 15) is 4.79 Å². The SMILES string of the molecule is CN(CCC1CCOCC1)C(=O)C(C)(N)c1ccccc1. The van der Waals surface area contributed by atoms with Crippen molar-refractivity contribution in [2.45, 2.75) is 31.7 Å². The van der Waals surface area contributed by atoms with E-state index in [1.165, 1.54) is 0 Å². The molecule has 1 aliphatic heterocycles. The Labute approximate surface area is 127 Å². The van der Waals surface area contributed by atoms with E-state index >= 15 is 0 Å². The first-order valence-corrected chi connectivity index (χ1v) is 7.69. The Balaban J connectivity index is 1.91. The lowest BCUT2D eigenvalue weighted by atomic mass is 9.91. The second kappa shape index (κ2) is 7.05. The summed E-state index contributed by atoms with van der Waals surface area (Å²) in [5.74, 6) is 0.635. The van der Waals surface area contributed by atoms with Crippen LogP contribution in [0.5, 0.6) is 0 Å². The molecule has 1 aromatic carbocycles. The first-order valence-electron chi connectivity index (χ1n) is 7.69. The number of nitrogens with two attached hydrogens (primary N) is 1. The van der Waals surface area contributed by atoms with Crippen molar-refractivity contribution in [2.75, 3.05) is 26.8 Å². The summed E-state index contributed by atoms with van der Waals surface area (Å²) < 4.78 is 5.37. The van der Waals surface area contributed by atoms with E-state index in [0.29, 0.717) is 5.92 Å². The molecule has 0 radical (unpaired) electrons. The predicted molar refractivity (Wildman–Crippen MR) is 83.8 cm³/mol. The Bertz CT molecular complexity index is 453. The third-order valence-corrected chi connectivity index (χ3v) is 4.38. The molecule has 116 valence electrons. The van der Waals surface area contributed by atoms with Crippen molar-refractivity contribution in [3.8, 4) is 0 Å². The number of hydrogen-bond donors (Lipinski definition) is 1. The molecule has 21 heavy (non-hydrogen) atoms. The summed E-state index contributed by atoms with van der Waals surface area (Å²) in [7, 11) is 1.84. The molecule has 2 rings (SSSR count). The normalized spacial score (nSPS) is 19.0. The smallest absolute Gasteiger partial charge is 0.246 e. The van der Waals surface area contributed by atoms with Gasteiger partial charge in [0.2, 0.25) is 5.91 Å². The Morgan fingerprint density at radius 1 is 1.33 bits per heavy atom. The van der Waals surface area contributed by atoms with Crippen molar-refractivity contribution in [1.82, 2.24) is 4.90 Å². The molecule has 4 nitrogen and oxygen atoms in total. The number of ether oxygens (including phenoxy) is 1. The van der Waals surface area contributed by atoms with E-state index in [0.717, 1.165) is 44.6 Å². The number of nitrogens with zero attached hydrogens (tertiary/aromatic N) is 1. The molecule has 4 heteroatoms. The van der Waals surface area contributed by atoms with E-state index in [4.69, 9.17) is 10.5 Å². The average Bonchev–Trinajstić information content (AvgIpc) is 2.53. The van der Waals surface area contributed by atoms with Crippen LogP contribution in [0.4, 0.5) is 0 Å². The van der Waals surface area contributed by atoms with Gasteiger partial charge in [-0.2, -0.15) is 0 Å². The van der Waals surface area contributed by atoms with Gasteiger partial charge >= 0.3 is 0 Å². The van der Waals surface area contributed by atoms with Crippen LogP contribution < -0.4 is 5.73 Å². The van der Waals surface area contributed by atoms with Crippen molar-refractivity contribution in [2.24, 2.45) is 11.7 Å². The summed E-state index contributed by atoms with van der Waals surface area (Å²) in [5.41, 5.74) is 6.17. The van der Waals surface area contributed by atoms with E-state index < -0.39 is 5.54 Å². The molecule has 1 aromatic rings. The van der Waals surface area contributed by atoms with Gasteiger partial charge < -0.3 is 15.4 Å². The van der Waals surface area contributed by atoms with Crippen molar-refractivity contribution in [3.05, 3.63) is 35.9 Å². The summed E-state index contributed by atoms with van der Waals surface area (Å²) in [6.45, 7) is 4.24. The van der Waals surface area contributed by atoms with Gasteiger partial charge in [0.25, 0.3) is 0 Å². The van der Waals surface area contributed by atoms with Crippen LogP contribution in [0.15, 0.2) is 30.3 Å². The lowest BCUT2D eigenvalue weighted by Gasteiger charge is -2.31. The molecular weight excluding hydrogens is 264 g/mol. The van der Waals surface area contributed by atoms with E-state index in [1.54, 1.807) is 11.8 Å². The van der Waals surface area contributed by atoms with Crippen LogP contribution in [0, 0.1) is 5.92 Å². The number of benzene rings is 1. The summed E-state index contributed by atoms with van der Waals surface area (Å²) in [5, 5.41) is 0. The summed E-state index contributed by atoms with van der Waals surface area (Å²) in [6.07, 6.45) is 3.22. The number of hydrogen-bond acceptors (Lipinski definition) is 3. The van der Waals surface area contributed by atoms with Gasteiger partial charge in [-0.15, -0.1) is 0 Å². The highest BCUT2D eigenvalue weighted by Gasteiger charge is 2.33. The van der Waals surface area contributed by atoms with Crippen LogP contribution in [-0.4, -0.2) is 37.6 Å². The predicted octanol–water partition coefficient (Wildman–Crippen LogP) is 2.14. The molecule has 1 saturated heterocycles. The number of carbonyl (C=O) groups excluding carboxylic acids is 1. The zero-order chi connectivity index (χ0) is 15.3. The Hall–Kier alpha value is -1.39. The first kappa shape index (κ1) is 16.0. The molecule has 1 fully saturated rings. The van der Waals surface area contributed by atoms with Crippen molar-refractivity contribution in [1.29, 1.82) is 0 Å². The molecule has 1 amide bonds. The molecule has 1 heterocycles. The summed E-state index contributed by atoms with van der Waals surface area (Å²) in [6, 6.07) is 9.57. The van der Waals surface area contributed by atoms with Crippen molar-refractivity contribution < 1.29 is 9.53 Å². The van der Waals surface area contributed by atoms with Crippen LogP contribution in [-0.2, 0) is 15.1 Å². The van der Waals surface area contributed by atoms with E-state index in [2.05, 4.69) is 0 Å². The number of likely N-dealkylation sites (N-methyl/N-ethyl adjacent to an activating group) is 1. The van der Waals surface area contributed by atoms with Gasteiger partial charge in [-0.3, -0.25) is 4.79 Å². The van der Waals surface area contributed by atoms with Gasteiger partial charge in [0.15, 0.2) is 0 Å². The molecule has 1 aliphatic rings. The average molecular weight is 290 g/mol. The fourth-order valence-corrected chi connectivity index (χ4v) is 2.82. The molecule has 1 unspecified atom stereocenters. The second-order valence-electron chi connectivity index (χ2n) is 6.14. The molecule has 0 bridgehead atoms. The Kier molecular flexibility index (Phi) is 5.37. The molecule has 0 aromatic heterocycles. The van der Waals surface area contributed by atoms with Crippen molar-refractivity contribution in [3.63, 3.8) is 0 Å². The van der Waals surface area contributed by atoms with Gasteiger partial charge in [-0.25, -0.2) is 0 Å². The number of rotatable bonds is 5. The maximum atomic E-state index is 12.6. The quantitative estimate of drug-likeness (QED) is 0.904. The minimum atomic E-state index is -0.967. The second-order valence-corrected chi connectivity index (χ2v) is 6.14. The molecule has 0 aliphatic carbocycles. The lowest BCUT2D eigenvalue weighted by molar-refractivity contribution is -0.135. The van der Waals surface area contributed by atoms with Crippen LogP contribution in [0.3, 0.4) is 0 Å². The Morgan fingerprint density at radius 3 is 2.57 bits per heavy atom. The molecular formula is C17H26N2O2. The third-order valence-electron chi connectivity index (χ3n) is 4.38. The molecule has 0 spiro atoms. The molecule has 2 N–H and O–H groups in total. The fraction of sp³-hybridized carbons (Fsp3) is 0.588. The highest BCUT2D eigenvalue weighted by atomic mass is 16.5. The minimum Gasteiger partial charge on any atom is -0.381 e. The van der Waals surface area contributed by atoms with Gasteiger partial charge in [0, 0.05) is 26.8 Å². The Morgan fingerprint density at radius 2 is 1.95 bits per heavy atom. The standard InChI is InChI=1S/C17H26N2O2/c1-17(18,15-6-4-3-5-7-15)16(20)19(2)11-8-14-9-12-21-13-10-14/h3-7,14H,8-13,18H2,1-2H3. The largest absolute Gasteiger partial charge is 0.381 e. The van der Waals surface area contributed by atoms with E-state index in [1.807, 2.05) is 37.4 Å². The highest BCUT2D eigenvalue weighted by molar-refractivity contribution is 5.86. The van der Waals surface area contributed by atoms with Gasteiger partial charge in [-0.1, -0.05) is 30.3 Å². The molecule has 1 atom stereocenters. The van der Waals surface area contributed by atoms with Crippen LogP contribution in [0.25, 0.3) is 0 Å². The zero-order valence-electron chi connectivity index (χ0n) is 13.0. The summed E-state index contributed by atoms with van der Waals surface area (Å²) in [4.78, 5) is 14.4. The fourth-order valence-electron chi connectivity index (χ4n) is 2.82. The lowest BCUT2D eigenvalue weighted by Crippen LogP contribution is -2.50. The van der Waals surface area contributed by atoms with Crippen LogP contribution in [0.1, 0.15) is 31.7 Å². The van der Waals surface area contributed by atoms with Gasteiger partial charge in [0.1, 0.15) is 5.54 Å². The van der Waals surface area contributed by atoms with Crippen molar-refractivity contribution >= 4 is 5.91 Å².